The number of hydrogen-bond donors (Lipinski definition) is 3. The number of carbonyl (C=O) groups excluding carboxylic acids is 3. The highest BCUT2D eigenvalue weighted by Gasteiger charge is 2.43. The Morgan fingerprint density at radius 1 is 0.975 bits per heavy atom. The summed E-state index contributed by atoms with van der Waals surface area (Å²) >= 11 is 8.49. The maximum absolute atomic E-state index is 17.2. The number of anilines is 1. The number of aliphatic hydroxyl groups is 1. The van der Waals surface area contributed by atoms with Crippen molar-refractivity contribution in [3.63, 3.8) is 0 Å². The number of benzene rings is 4. The molecule has 0 radical (unpaired) electrons. The summed E-state index contributed by atoms with van der Waals surface area (Å²) in [5.74, 6) is -0.907. The van der Waals surface area contributed by atoms with Crippen LogP contribution < -0.4 is 19.7 Å². The Labute approximate surface area is 478 Å². The van der Waals surface area contributed by atoms with Crippen molar-refractivity contribution < 1.29 is 47.7 Å². The molecular weight excluding hydrogens is 1080 g/mol. The van der Waals surface area contributed by atoms with E-state index in [9.17, 15) is 24.6 Å². The highest BCUT2D eigenvalue weighted by Crippen LogP contribution is 2.43. The predicted molar refractivity (Wildman–Crippen MR) is 308 cm³/mol. The van der Waals surface area contributed by atoms with Crippen LogP contribution in [0, 0.1) is 25.6 Å². The van der Waals surface area contributed by atoms with Gasteiger partial charge in [-0.3, -0.25) is 19.3 Å². The van der Waals surface area contributed by atoms with Crippen LogP contribution in [0.5, 0.6) is 17.5 Å². The molecule has 21 heteroatoms. The minimum absolute atomic E-state index is 0.000754. The van der Waals surface area contributed by atoms with Crippen LogP contribution in [0.15, 0.2) is 89.4 Å². The van der Waals surface area contributed by atoms with Gasteiger partial charge >= 0.3 is 6.01 Å². The number of nitrogens with zero attached hydrogens (tertiary/aromatic N) is 8. The second kappa shape index (κ2) is 24.9. The molecule has 10 rings (SSSR count). The second-order valence-corrected chi connectivity index (χ2v) is 22.7. The monoisotopic (exact) mass is 1140 g/mol. The first-order valence-electron chi connectivity index (χ1n) is 27.5. The molecule has 81 heavy (non-hydrogen) atoms. The van der Waals surface area contributed by atoms with Gasteiger partial charge in [0.15, 0.2) is 5.82 Å². The molecule has 3 aromatic heterocycles. The number of phenolic OH excluding ortho intramolecular Hbond substituents is 1. The SMILES string of the molecule is C=CC(=O)N1CCN(c2nc(O[C@H](C)CN3CCC(OCCOc4cc(-c5scnc5C)ccc4CNC(=O)C4CC(O)CN4C(=O)[C@H](c4cc(C)no4)C(C)C)CC3)nc3c(F)c(-c4cc(O)cc5ccccc45)c(Cl)cc23)CC1. The van der Waals surface area contributed by atoms with Gasteiger partial charge in [-0.05, 0) is 91.8 Å². The van der Waals surface area contributed by atoms with Crippen LogP contribution in [0.3, 0.4) is 0 Å². The van der Waals surface area contributed by atoms with Crippen molar-refractivity contribution in [1.82, 2.24) is 40.1 Å². The van der Waals surface area contributed by atoms with Gasteiger partial charge in [0.25, 0.3) is 0 Å². The summed E-state index contributed by atoms with van der Waals surface area (Å²) in [5, 5.41) is 30.4. The molecule has 3 aliphatic rings. The first kappa shape index (κ1) is 57.0. The van der Waals surface area contributed by atoms with E-state index < -0.39 is 30.0 Å². The Hall–Kier alpha value is -7.23. The maximum Gasteiger partial charge on any atom is 0.319 e. The number of rotatable bonds is 19. The molecule has 0 saturated carbocycles. The predicted octanol–water partition coefficient (Wildman–Crippen LogP) is 8.86. The summed E-state index contributed by atoms with van der Waals surface area (Å²) < 4.78 is 42.0. The fourth-order valence-corrected chi connectivity index (χ4v) is 12.4. The molecule has 7 aromatic rings. The summed E-state index contributed by atoms with van der Waals surface area (Å²) in [6.45, 7) is 17.6. The first-order valence-corrected chi connectivity index (χ1v) is 28.7. The number of aromatic hydroxyl groups is 1. The van der Waals surface area contributed by atoms with Crippen molar-refractivity contribution in [3.8, 4) is 39.1 Å². The van der Waals surface area contributed by atoms with Gasteiger partial charge in [-0.2, -0.15) is 9.97 Å². The summed E-state index contributed by atoms with van der Waals surface area (Å²) in [6, 6.07) is 18.9. The number of aryl methyl sites for hydroxylation is 2. The Morgan fingerprint density at radius 2 is 1.75 bits per heavy atom. The highest BCUT2D eigenvalue weighted by atomic mass is 35.5. The molecular formula is C60H67ClFN9O9S. The fraction of sp³-hybridized carbons (Fsp3) is 0.417. The number of piperidine rings is 1. The van der Waals surface area contributed by atoms with E-state index >= 15 is 4.39 Å². The topological polar surface area (TPSA) is 209 Å². The van der Waals surface area contributed by atoms with Crippen LogP contribution in [0.25, 0.3) is 43.2 Å². The molecule has 3 N–H and O–H groups in total. The lowest BCUT2D eigenvalue weighted by molar-refractivity contribution is -0.141. The van der Waals surface area contributed by atoms with Crippen LogP contribution in [0.2, 0.25) is 5.02 Å². The number of hydrogen-bond acceptors (Lipinski definition) is 16. The summed E-state index contributed by atoms with van der Waals surface area (Å²) in [6.07, 6.45) is 1.68. The molecule has 6 heterocycles. The number of aromatic nitrogens is 4. The molecule has 426 valence electrons. The first-order chi connectivity index (χ1) is 39.0. The van der Waals surface area contributed by atoms with Gasteiger partial charge in [0, 0.05) is 87.9 Å². The van der Waals surface area contributed by atoms with Crippen molar-refractivity contribution >= 4 is 68.2 Å². The average Bonchev–Trinajstić information content (AvgIpc) is 4.17. The van der Waals surface area contributed by atoms with Crippen LogP contribution in [0.1, 0.15) is 68.7 Å². The quantitative estimate of drug-likeness (QED) is 0.0510. The molecule has 3 amide bonds. The summed E-state index contributed by atoms with van der Waals surface area (Å²) in [7, 11) is 0. The number of thiazole rings is 1. The normalized spacial score (nSPS) is 18.0. The van der Waals surface area contributed by atoms with Crippen LogP contribution in [-0.2, 0) is 25.7 Å². The Balaban J connectivity index is 0.770. The molecule has 18 nitrogen and oxygen atoms in total. The molecule has 3 saturated heterocycles. The van der Waals surface area contributed by atoms with E-state index in [2.05, 4.69) is 31.9 Å². The number of aliphatic hydroxyl groups excluding tert-OH is 1. The van der Waals surface area contributed by atoms with E-state index in [0.29, 0.717) is 78.7 Å². The molecule has 2 unspecified atom stereocenters. The number of fused-ring (bicyclic) bond motifs is 2. The Bertz CT molecular complexity index is 3450. The third kappa shape index (κ3) is 12.6. The highest BCUT2D eigenvalue weighted by molar-refractivity contribution is 7.13. The third-order valence-corrected chi connectivity index (χ3v) is 16.6. The van der Waals surface area contributed by atoms with Crippen LogP contribution in [0.4, 0.5) is 10.2 Å². The van der Waals surface area contributed by atoms with Crippen molar-refractivity contribution in [2.75, 3.05) is 70.5 Å². The lowest BCUT2D eigenvalue weighted by Crippen LogP contribution is -2.48. The smallest absolute Gasteiger partial charge is 0.319 e. The molecule has 3 aliphatic heterocycles. The number of carbonyl (C=O) groups is 3. The molecule has 0 bridgehead atoms. The fourth-order valence-electron chi connectivity index (χ4n) is 11.3. The van der Waals surface area contributed by atoms with Gasteiger partial charge in [-0.1, -0.05) is 73.6 Å². The van der Waals surface area contributed by atoms with Gasteiger partial charge in [0.05, 0.1) is 45.6 Å². The van der Waals surface area contributed by atoms with Crippen molar-refractivity contribution in [3.05, 3.63) is 118 Å². The molecule has 4 atom stereocenters. The van der Waals surface area contributed by atoms with E-state index in [0.717, 1.165) is 53.0 Å². The molecule has 0 aliphatic carbocycles. The van der Waals surface area contributed by atoms with Crippen molar-refractivity contribution in [1.29, 1.82) is 0 Å². The zero-order chi connectivity index (χ0) is 57.1. The standard InChI is InChI=1S/C60H67ClFN9O9S/c1-7-51(74)69-18-20-70(21-19-69)57-46-29-47(61)53(45-27-41(72)25-38-10-8-9-11-44(38)45)54(62)55(46)65-60(66-57)79-36(5)31-68-16-14-43(15-17-68)77-22-23-78-49-26-39(56-37(6)64-33-81-56)12-13-40(49)30-63-58(75)48-28-42(73)32-71(48)59(76)52(34(2)3)50-24-35(4)67-80-50/h7-13,24-27,29,33-34,36,42-43,48,52,72-73H,1,14-23,28,30-32H2,2-6H3,(H,63,75)/t36-,42?,48?,52+/m1/s1. The number of β-amino-alcohol motifs (C(OH)–C–C–N with tert-alkyl or cyclic N) is 1. The Kier molecular flexibility index (Phi) is 17.5. The zero-order valence-electron chi connectivity index (χ0n) is 46.1. The number of piperazine rings is 1. The van der Waals surface area contributed by atoms with Gasteiger partial charge in [0.1, 0.15) is 53.3 Å². The average molecular weight is 1140 g/mol. The minimum Gasteiger partial charge on any atom is -0.508 e. The summed E-state index contributed by atoms with van der Waals surface area (Å²) in [5.41, 5.74) is 5.55. The maximum atomic E-state index is 17.2. The number of phenols is 1. The minimum atomic E-state index is -0.875. The van der Waals surface area contributed by atoms with Gasteiger partial charge in [0.2, 0.25) is 17.7 Å². The third-order valence-electron chi connectivity index (χ3n) is 15.4. The van der Waals surface area contributed by atoms with E-state index in [1.54, 1.807) is 35.5 Å². The van der Waals surface area contributed by atoms with E-state index in [1.165, 1.54) is 28.4 Å². The molecule has 3 fully saturated rings. The van der Waals surface area contributed by atoms with Gasteiger partial charge in [-0.25, -0.2) is 9.37 Å². The lowest BCUT2D eigenvalue weighted by atomic mass is 9.91. The number of likely N-dealkylation sites (tertiary alicyclic amines) is 2. The van der Waals surface area contributed by atoms with Crippen molar-refractivity contribution in [2.24, 2.45) is 5.92 Å². The van der Waals surface area contributed by atoms with Crippen molar-refractivity contribution in [2.45, 2.75) is 90.7 Å². The van der Waals surface area contributed by atoms with Gasteiger partial charge < -0.3 is 49.0 Å². The van der Waals surface area contributed by atoms with Crippen LogP contribution in [-0.4, -0.2) is 153 Å². The number of nitrogens with one attached hydrogen (secondary N) is 1. The number of ether oxygens (including phenoxy) is 3. The molecule has 0 spiro atoms. The lowest BCUT2D eigenvalue weighted by Gasteiger charge is -2.35. The van der Waals surface area contributed by atoms with Crippen LogP contribution >= 0.6 is 22.9 Å². The summed E-state index contributed by atoms with van der Waals surface area (Å²) in [4.78, 5) is 62.8. The van der Waals surface area contributed by atoms with E-state index in [-0.39, 0.29) is 83.7 Å². The zero-order valence-corrected chi connectivity index (χ0v) is 47.6. The number of halogens is 2. The van der Waals surface area contributed by atoms with E-state index in [1.807, 2.05) is 75.1 Å². The second-order valence-electron chi connectivity index (χ2n) is 21.4. The Morgan fingerprint density at radius 3 is 2.47 bits per heavy atom. The van der Waals surface area contributed by atoms with E-state index in [4.69, 9.17) is 35.3 Å². The van der Waals surface area contributed by atoms with Gasteiger partial charge in [-0.15, -0.1) is 11.3 Å². The number of amides is 3. The largest absolute Gasteiger partial charge is 0.508 e. The molecule has 4 aromatic carbocycles.